The van der Waals surface area contributed by atoms with Crippen molar-refractivity contribution in [3.63, 3.8) is 0 Å². The summed E-state index contributed by atoms with van der Waals surface area (Å²) >= 11 is 7.78. The Labute approximate surface area is 160 Å². The maximum absolute atomic E-state index is 12.5. The third-order valence-corrected chi connectivity index (χ3v) is 5.41. The van der Waals surface area contributed by atoms with Crippen LogP contribution in [0.1, 0.15) is 5.56 Å². The first-order valence-corrected chi connectivity index (χ1v) is 9.44. The van der Waals surface area contributed by atoms with E-state index in [-0.39, 0.29) is 17.8 Å². The lowest BCUT2D eigenvalue weighted by Gasteiger charge is -2.15. The second-order valence-corrected chi connectivity index (χ2v) is 7.74. The van der Waals surface area contributed by atoms with Crippen molar-refractivity contribution in [1.29, 1.82) is 0 Å². The first kappa shape index (κ1) is 17.3. The summed E-state index contributed by atoms with van der Waals surface area (Å²) in [5, 5.41) is 2.82. The van der Waals surface area contributed by atoms with E-state index in [0.29, 0.717) is 4.91 Å². The van der Waals surface area contributed by atoms with Gasteiger partial charge in [-0.1, -0.05) is 40.2 Å². The van der Waals surface area contributed by atoms with Gasteiger partial charge in [0.2, 0.25) is 0 Å². The number of hydrogen-bond donors (Lipinski definition) is 1. The molecule has 0 atom stereocenters. The molecule has 122 valence electrons. The van der Waals surface area contributed by atoms with Gasteiger partial charge in [0.1, 0.15) is 0 Å². The van der Waals surface area contributed by atoms with Crippen LogP contribution in [-0.4, -0.2) is 22.7 Å². The van der Waals surface area contributed by atoms with Crippen molar-refractivity contribution in [2.75, 3.05) is 12.0 Å². The molecule has 0 radical (unpaired) electrons. The van der Waals surface area contributed by atoms with Gasteiger partial charge in [-0.3, -0.25) is 14.5 Å². The summed E-state index contributed by atoms with van der Waals surface area (Å²) < 4.78 is 1.80. The number of benzene rings is 2. The first-order chi connectivity index (χ1) is 11.5. The first-order valence-electron chi connectivity index (χ1n) is 7.04. The molecule has 3 rings (SSSR count). The van der Waals surface area contributed by atoms with Gasteiger partial charge in [0.05, 0.1) is 11.6 Å². The monoisotopic (exact) mass is 466 g/mol. The molecular formula is C17H12Br2N2O2S. The average molecular weight is 468 g/mol. The van der Waals surface area contributed by atoms with Crippen LogP contribution in [0, 0.1) is 0 Å². The Morgan fingerprint density at radius 2 is 1.88 bits per heavy atom. The number of carbonyl (C=O) groups is 2. The molecule has 4 nitrogen and oxygen atoms in total. The number of nitrogens with zero attached hydrogens (tertiary/aromatic N) is 1. The summed E-state index contributed by atoms with van der Waals surface area (Å²) in [5.74, 6) is -0.287. The van der Waals surface area contributed by atoms with Gasteiger partial charge >= 0.3 is 0 Å². The lowest BCUT2D eigenvalue weighted by Crippen LogP contribution is -2.33. The van der Waals surface area contributed by atoms with E-state index in [4.69, 9.17) is 0 Å². The van der Waals surface area contributed by atoms with Gasteiger partial charge < -0.3 is 5.32 Å². The van der Waals surface area contributed by atoms with Crippen LogP contribution in [-0.2, 0) is 4.79 Å². The topological polar surface area (TPSA) is 49.4 Å². The molecule has 0 saturated carbocycles. The van der Waals surface area contributed by atoms with Crippen LogP contribution < -0.4 is 5.32 Å². The molecule has 1 heterocycles. The third-order valence-electron chi connectivity index (χ3n) is 3.32. The fraction of sp³-hybridized carbons (Fsp3) is 0.0588. The number of carbonyl (C=O) groups excluding carboxylic acids is 2. The van der Waals surface area contributed by atoms with E-state index >= 15 is 0 Å². The maximum Gasteiger partial charge on any atom is 0.295 e. The fourth-order valence-corrected chi connectivity index (χ4v) is 3.83. The Morgan fingerprint density at radius 1 is 1.08 bits per heavy atom. The van der Waals surface area contributed by atoms with E-state index < -0.39 is 0 Å². The van der Waals surface area contributed by atoms with Crippen LogP contribution in [0.4, 0.5) is 10.5 Å². The van der Waals surface area contributed by atoms with Crippen molar-refractivity contribution in [1.82, 2.24) is 4.90 Å². The number of para-hydroxylation sites is 1. The highest BCUT2D eigenvalue weighted by Crippen LogP contribution is 2.32. The Morgan fingerprint density at radius 3 is 2.62 bits per heavy atom. The molecule has 0 spiro atoms. The summed E-state index contributed by atoms with van der Waals surface area (Å²) in [6, 6.07) is 15.1. The number of imide groups is 1. The molecule has 7 heteroatoms. The van der Waals surface area contributed by atoms with Crippen LogP contribution >= 0.6 is 43.6 Å². The lowest BCUT2D eigenvalue weighted by molar-refractivity contribution is -0.122. The molecule has 0 aromatic heterocycles. The molecule has 0 aliphatic carbocycles. The van der Waals surface area contributed by atoms with Crippen LogP contribution in [0.5, 0.6) is 0 Å². The van der Waals surface area contributed by atoms with E-state index in [9.17, 15) is 9.59 Å². The zero-order chi connectivity index (χ0) is 17.1. The SMILES string of the molecule is O=C1S/C(=C\c2cccc(Br)c2)C(=O)N1CNc1ccccc1Br. The van der Waals surface area contributed by atoms with Crippen LogP contribution in [0.3, 0.4) is 0 Å². The number of anilines is 1. The number of hydrogen-bond acceptors (Lipinski definition) is 4. The molecular weight excluding hydrogens is 456 g/mol. The normalized spacial score (nSPS) is 16.1. The van der Waals surface area contributed by atoms with Crippen molar-refractivity contribution in [3.05, 3.63) is 67.9 Å². The summed E-state index contributed by atoms with van der Waals surface area (Å²) in [7, 11) is 0. The Balaban J connectivity index is 1.73. The minimum Gasteiger partial charge on any atom is -0.366 e. The van der Waals surface area contributed by atoms with E-state index in [1.807, 2.05) is 48.5 Å². The van der Waals surface area contributed by atoms with Gasteiger partial charge in [-0.15, -0.1) is 0 Å². The quantitative estimate of drug-likeness (QED) is 0.618. The summed E-state index contributed by atoms with van der Waals surface area (Å²) in [4.78, 5) is 26.2. The van der Waals surface area contributed by atoms with Crippen molar-refractivity contribution in [3.8, 4) is 0 Å². The van der Waals surface area contributed by atoms with Gasteiger partial charge in [0.25, 0.3) is 11.1 Å². The van der Waals surface area contributed by atoms with Crippen molar-refractivity contribution in [2.45, 2.75) is 0 Å². The number of halogens is 2. The number of amides is 2. The molecule has 1 fully saturated rings. The summed E-state index contributed by atoms with van der Waals surface area (Å²) in [6.45, 7) is 0.128. The van der Waals surface area contributed by atoms with Gasteiger partial charge in [-0.05, 0) is 63.6 Å². The Hall–Kier alpha value is -1.57. The molecule has 2 aromatic rings. The predicted octanol–water partition coefficient (Wildman–Crippen LogP) is 5.32. The lowest BCUT2D eigenvalue weighted by atomic mass is 10.2. The number of rotatable bonds is 4. The molecule has 0 bridgehead atoms. The smallest absolute Gasteiger partial charge is 0.295 e. The summed E-state index contributed by atoms with van der Waals surface area (Å²) in [6.07, 6.45) is 1.73. The Bertz CT molecular complexity index is 839. The second-order valence-electron chi connectivity index (χ2n) is 4.98. The van der Waals surface area contributed by atoms with E-state index in [1.54, 1.807) is 6.08 Å². The van der Waals surface area contributed by atoms with Crippen molar-refractivity contribution >= 4 is 66.5 Å². The van der Waals surface area contributed by atoms with E-state index in [0.717, 1.165) is 32.0 Å². The molecule has 1 aliphatic heterocycles. The molecule has 2 amide bonds. The molecule has 1 saturated heterocycles. The maximum atomic E-state index is 12.5. The fourth-order valence-electron chi connectivity index (χ4n) is 2.15. The number of nitrogens with one attached hydrogen (secondary N) is 1. The molecule has 0 unspecified atom stereocenters. The van der Waals surface area contributed by atoms with Crippen LogP contribution in [0.15, 0.2) is 62.4 Å². The van der Waals surface area contributed by atoms with Crippen LogP contribution in [0.2, 0.25) is 0 Å². The summed E-state index contributed by atoms with van der Waals surface area (Å²) in [5.41, 5.74) is 1.70. The highest BCUT2D eigenvalue weighted by Gasteiger charge is 2.34. The molecule has 2 aromatic carbocycles. The molecule has 1 N–H and O–H groups in total. The van der Waals surface area contributed by atoms with E-state index in [1.165, 1.54) is 4.90 Å². The van der Waals surface area contributed by atoms with Crippen LogP contribution in [0.25, 0.3) is 6.08 Å². The van der Waals surface area contributed by atoms with Crippen molar-refractivity contribution < 1.29 is 9.59 Å². The van der Waals surface area contributed by atoms with Crippen molar-refractivity contribution in [2.24, 2.45) is 0 Å². The average Bonchev–Trinajstić information content (AvgIpc) is 2.81. The Kier molecular flexibility index (Phi) is 5.43. The predicted molar refractivity (Wildman–Crippen MR) is 105 cm³/mol. The van der Waals surface area contributed by atoms with E-state index in [2.05, 4.69) is 37.2 Å². The molecule has 1 aliphatic rings. The zero-order valence-corrected chi connectivity index (χ0v) is 16.3. The van der Waals surface area contributed by atoms with Gasteiger partial charge in [0.15, 0.2) is 0 Å². The van der Waals surface area contributed by atoms with Gasteiger partial charge in [-0.2, -0.15) is 0 Å². The number of thioether (sulfide) groups is 1. The highest BCUT2D eigenvalue weighted by molar-refractivity contribution is 9.10. The largest absolute Gasteiger partial charge is 0.366 e. The second kappa shape index (κ2) is 7.55. The highest BCUT2D eigenvalue weighted by atomic mass is 79.9. The standard InChI is InChI=1S/C17H12Br2N2O2S/c18-12-5-3-4-11(8-12)9-15-16(22)21(17(23)24-15)10-20-14-7-2-1-6-13(14)19/h1-9,20H,10H2/b15-9-. The third kappa shape index (κ3) is 3.91. The molecule has 24 heavy (non-hydrogen) atoms. The zero-order valence-electron chi connectivity index (χ0n) is 12.3. The minimum atomic E-state index is -0.287. The van der Waals surface area contributed by atoms with Gasteiger partial charge in [0, 0.05) is 14.6 Å². The van der Waals surface area contributed by atoms with Gasteiger partial charge in [-0.25, -0.2) is 0 Å². The minimum absolute atomic E-state index is 0.128.